The molecule has 8 nitrogen and oxygen atoms in total. The largest absolute Gasteiger partial charge is 2.00 e. The van der Waals surface area contributed by atoms with Crippen LogP contribution in [-0.4, -0.2) is 26.4 Å². The second-order valence-corrected chi connectivity index (χ2v) is 11.3. The van der Waals surface area contributed by atoms with Crippen LogP contribution in [0, 0.1) is 0 Å². The van der Waals surface area contributed by atoms with Gasteiger partial charge in [-0.15, -0.1) is 0 Å². The molecule has 0 amide bonds. The molecule has 0 aliphatic rings. The molecule has 0 aliphatic heterocycles. The first kappa shape index (κ1) is 40.2. The van der Waals surface area contributed by atoms with E-state index in [1.807, 2.05) is 0 Å². The molecule has 0 unspecified atom stereocenters. The van der Waals surface area contributed by atoms with Crippen LogP contribution in [0.3, 0.4) is 0 Å². The van der Waals surface area contributed by atoms with E-state index in [9.17, 15) is 18.9 Å². The van der Waals surface area contributed by atoms with Crippen molar-refractivity contribution in [3.63, 3.8) is 0 Å². The van der Waals surface area contributed by atoms with Gasteiger partial charge in [0.15, 0.2) is 0 Å². The topological polar surface area (TPSA) is 117 Å². The number of phosphoric ester groups is 2. The molecular weight excluding hydrogens is 537 g/mol. The maximum atomic E-state index is 11.3. The average molecular weight is 590 g/mol. The second-order valence-electron chi connectivity index (χ2n) is 8.47. The van der Waals surface area contributed by atoms with Crippen molar-refractivity contribution < 1.29 is 53.8 Å². The summed E-state index contributed by atoms with van der Waals surface area (Å²) < 4.78 is 41.6. The van der Waals surface area contributed by atoms with E-state index in [-0.39, 0.29) is 43.2 Å². The van der Waals surface area contributed by atoms with Crippen molar-refractivity contribution in [2.75, 3.05) is 26.4 Å². The summed E-state index contributed by atoms with van der Waals surface area (Å²) in [6, 6.07) is 0. The van der Waals surface area contributed by atoms with E-state index in [1.165, 1.54) is 0 Å². The Morgan fingerprint density at radius 3 is 0.800 bits per heavy atom. The van der Waals surface area contributed by atoms with Crippen LogP contribution in [0.1, 0.15) is 130 Å². The zero-order valence-electron chi connectivity index (χ0n) is 22.6. The Morgan fingerprint density at radius 1 is 0.429 bits per heavy atom. The first-order chi connectivity index (χ1) is 16.2. The van der Waals surface area contributed by atoms with Crippen molar-refractivity contribution in [2.45, 2.75) is 130 Å². The van der Waals surface area contributed by atoms with Crippen molar-refractivity contribution in [3.05, 3.63) is 0 Å². The molecule has 215 valence electrons. The van der Waals surface area contributed by atoms with Gasteiger partial charge in [0.25, 0.3) is 15.6 Å². The number of unbranched alkanes of at least 4 members (excludes halogenated alkanes) is 12. The third-order valence-electron chi connectivity index (χ3n) is 4.99. The maximum absolute atomic E-state index is 11.3. The molecular formula is C24H52CoO8P2. The van der Waals surface area contributed by atoms with Crippen molar-refractivity contribution in [2.24, 2.45) is 0 Å². The predicted molar refractivity (Wildman–Crippen MR) is 136 cm³/mol. The summed E-state index contributed by atoms with van der Waals surface area (Å²) in [7, 11) is -8.08. The van der Waals surface area contributed by atoms with Crippen LogP contribution in [0.15, 0.2) is 0 Å². The molecule has 0 aromatic heterocycles. The summed E-state index contributed by atoms with van der Waals surface area (Å²) in [6.45, 7) is 9.42. The van der Waals surface area contributed by atoms with E-state index in [2.05, 4.69) is 27.7 Å². The Balaban J connectivity index is -0.000000569. The van der Waals surface area contributed by atoms with Crippen LogP contribution >= 0.6 is 15.6 Å². The summed E-state index contributed by atoms with van der Waals surface area (Å²) in [5, 5.41) is 0. The van der Waals surface area contributed by atoms with E-state index >= 15 is 0 Å². The molecule has 0 fully saturated rings. The second kappa shape index (κ2) is 29.3. The van der Waals surface area contributed by atoms with Crippen molar-refractivity contribution in [1.82, 2.24) is 0 Å². The Bertz CT molecular complexity index is 432. The van der Waals surface area contributed by atoms with Crippen LogP contribution in [0.4, 0.5) is 0 Å². The number of hydrogen-bond donors (Lipinski definition) is 0. The van der Waals surface area contributed by atoms with Crippen LogP contribution < -0.4 is 9.79 Å². The van der Waals surface area contributed by atoms with Gasteiger partial charge in [-0.3, -0.25) is 9.13 Å². The van der Waals surface area contributed by atoms with Crippen molar-refractivity contribution >= 4 is 15.6 Å². The standard InChI is InChI=1S/2C12H27O4P.Co/c2*1-3-5-7-9-11-15-17(13,14)16-12-10-8-6-4-2;/h2*3-12H2,1-2H3,(H,13,14);/q;;+2/p-2. The minimum Gasteiger partial charge on any atom is -0.756 e. The molecule has 1 radical (unpaired) electrons. The predicted octanol–water partition coefficient (Wildman–Crippen LogP) is 7.29. The normalized spacial score (nSPS) is 11.6. The maximum Gasteiger partial charge on any atom is 2.00 e. The van der Waals surface area contributed by atoms with Gasteiger partial charge in [-0.25, -0.2) is 0 Å². The zero-order chi connectivity index (χ0) is 26.0. The number of hydrogen-bond acceptors (Lipinski definition) is 8. The van der Waals surface area contributed by atoms with E-state index in [4.69, 9.17) is 18.1 Å². The molecule has 0 rings (SSSR count). The number of rotatable bonds is 24. The Kier molecular flexibility index (Phi) is 33.7. The van der Waals surface area contributed by atoms with Crippen LogP contribution in [0.5, 0.6) is 0 Å². The molecule has 0 saturated carbocycles. The molecule has 0 aromatic carbocycles. The van der Waals surface area contributed by atoms with Gasteiger partial charge in [0, 0.05) is 0 Å². The fourth-order valence-corrected chi connectivity index (χ4v) is 4.46. The quantitative estimate of drug-likeness (QED) is 0.0851. The first-order valence-corrected chi connectivity index (χ1v) is 16.4. The van der Waals surface area contributed by atoms with Crippen molar-refractivity contribution in [1.29, 1.82) is 0 Å². The van der Waals surface area contributed by atoms with E-state index in [0.717, 1.165) is 103 Å². The summed E-state index contributed by atoms with van der Waals surface area (Å²) in [5.41, 5.74) is 0. The summed E-state index contributed by atoms with van der Waals surface area (Å²) >= 11 is 0. The van der Waals surface area contributed by atoms with Gasteiger partial charge < -0.3 is 27.9 Å². The molecule has 0 saturated heterocycles. The SMILES string of the molecule is CCCCCCOP(=O)([O-])OCCCCCC.CCCCCCOP(=O)([O-])OCCCCCC.[Co+2]. The molecule has 0 N–H and O–H groups in total. The van der Waals surface area contributed by atoms with E-state index in [1.54, 1.807) is 0 Å². The molecule has 0 spiro atoms. The minimum absolute atomic E-state index is 0. The van der Waals surface area contributed by atoms with Crippen LogP contribution in [0.25, 0.3) is 0 Å². The van der Waals surface area contributed by atoms with Gasteiger partial charge in [-0.05, 0) is 25.7 Å². The number of phosphoric acid groups is 2. The van der Waals surface area contributed by atoms with E-state index < -0.39 is 15.6 Å². The van der Waals surface area contributed by atoms with Gasteiger partial charge in [0.05, 0.1) is 26.4 Å². The molecule has 0 aliphatic carbocycles. The fraction of sp³-hybridized carbons (Fsp3) is 1.00. The van der Waals surface area contributed by atoms with Gasteiger partial charge in [-0.2, -0.15) is 0 Å². The van der Waals surface area contributed by atoms with Gasteiger partial charge in [-0.1, -0.05) is 105 Å². The third kappa shape index (κ3) is 34.7. The van der Waals surface area contributed by atoms with Crippen molar-refractivity contribution in [3.8, 4) is 0 Å². The molecule has 0 atom stereocenters. The van der Waals surface area contributed by atoms with Gasteiger partial charge in [0.1, 0.15) is 0 Å². The molecule has 0 bridgehead atoms. The van der Waals surface area contributed by atoms with E-state index in [0.29, 0.717) is 0 Å². The van der Waals surface area contributed by atoms with Crippen LogP contribution in [0.2, 0.25) is 0 Å². The van der Waals surface area contributed by atoms with Gasteiger partial charge in [0.2, 0.25) is 0 Å². The summed E-state index contributed by atoms with van der Waals surface area (Å²) in [4.78, 5) is 22.6. The Hall–Kier alpha value is 0.726. The Labute approximate surface area is 226 Å². The molecule has 0 aromatic rings. The summed E-state index contributed by atoms with van der Waals surface area (Å²) in [5.74, 6) is 0. The minimum atomic E-state index is -4.04. The first-order valence-electron chi connectivity index (χ1n) is 13.4. The smallest absolute Gasteiger partial charge is 0.756 e. The molecule has 11 heteroatoms. The fourth-order valence-electron chi connectivity index (χ4n) is 2.90. The third-order valence-corrected chi connectivity index (χ3v) is 6.98. The monoisotopic (exact) mass is 589 g/mol. The molecule has 0 heterocycles. The molecule has 35 heavy (non-hydrogen) atoms. The van der Waals surface area contributed by atoms with Gasteiger partial charge >= 0.3 is 16.8 Å². The average Bonchev–Trinajstić information content (AvgIpc) is 2.79. The summed E-state index contributed by atoms with van der Waals surface area (Å²) in [6.07, 6.45) is 16.1. The van der Waals surface area contributed by atoms with Crippen LogP contribution in [-0.2, 0) is 44.0 Å². The Morgan fingerprint density at radius 2 is 0.629 bits per heavy atom. The zero-order valence-corrected chi connectivity index (χ0v) is 25.5.